The number of piperazine rings is 1. The van der Waals surface area contributed by atoms with Crippen LogP contribution in [-0.4, -0.2) is 55.6 Å². The fourth-order valence-corrected chi connectivity index (χ4v) is 3.74. The van der Waals surface area contributed by atoms with Crippen LogP contribution in [0.1, 0.15) is 30.9 Å². The van der Waals surface area contributed by atoms with Crippen LogP contribution in [-0.2, 0) is 0 Å². The van der Waals surface area contributed by atoms with Crippen molar-refractivity contribution >= 4 is 0 Å². The molecule has 3 rings (SSSR count). The van der Waals surface area contributed by atoms with E-state index in [1.807, 2.05) is 19.2 Å². The first-order valence-corrected chi connectivity index (χ1v) is 8.15. The molecule has 2 unspecified atom stereocenters. The van der Waals surface area contributed by atoms with Gasteiger partial charge >= 0.3 is 0 Å². The highest BCUT2D eigenvalue weighted by molar-refractivity contribution is 5.19. The summed E-state index contributed by atoms with van der Waals surface area (Å²) in [6, 6.07) is 8.00. The number of nitrogens with one attached hydrogen (secondary N) is 1. The first-order valence-electron chi connectivity index (χ1n) is 8.15. The van der Waals surface area contributed by atoms with Crippen LogP contribution in [0.25, 0.3) is 0 Å². The Bertz CT molecular complexity index is 448. The highest BCUT2D eigenvalue weighted by atomic mass is 19.1. The lowest BCUT2D eigenvalue weighted by molar-refractivity contribution is 0.101. The first-order chi connectivity index (χ1) is 10.3. The quantitative estimate of drug-likeness (QED) is 0.898. The van der Waals surface area contributed by atoms with Gasteiger partial charge in [-0.15, -0.1) is 0 Å². The number of benzene rings is 1. The van der Waals surface area contributed by atoms with E-state index in [0.29, 0.717) is 6.04 Å². The molecule has 0 aliphatic carbocycles. The Balaban J connectivity index is 1.52. The predicted molar refractivity (Wildman–Crippen MR) is 83.9 cm³/mol. The van der Waals surface area contributed by atoms with E-state index in [-0.39, 0.29) is 5.82 Å². The molecule has 116 valence electrons. The zero-order valence-electron chi connectivity index (χ0n) is 12.9. The molecule has 21 heavy (non-hydrogen) atoms. The van der Waals surface area contributed by atoms with Crippen molar-refractivity contribution < 1.29 is 4.39 Å². The fourth-order valence-electron chi connectivity index (χ4n) is 3.74. The summed E-state index contributed by atoms with van der Waals surface area (Å²) < 4.78 is 13.0. The SMILES string of the molecule is CNC(CCN1CCN2CCCC2C1)c1ccc(F)cc1. The van der Waals surface area contributed by atoms with Gasteiger partial charge in [0.25, 0.3) is 0 Å². The van der Waals surface area contributed by atoms with Crippen LogP contribution >= 0.6 is 0 Å². The Morgan fingerprint density at radius 1 is 1.24 bits per heavy atom. The highest BCUT2D eigenvalue weighted by Gasteiger charge is 2.30. The van der Waals surface area contributed by atoms with E-state index in [0.717, 1.165) is 19.0 Å². The highest BCUT2D eigenvalue weighted by Crippen LogP contribution is 2.23. The van der Waals surface area contributed by atoms with Gasteiger partial charge in [-0.25, -0.2) is 4.39 Å². The molecule has 0 saturated carbocycles. The molecule has 1 aromatic carbocycles. The minimum absolute atomic E-state index is 0.161. The Labute approximate surface area is 127 Å². The van der Waals surface area contributed by atoms with Crippen LogP contribution < -0.4 is 5.32 Å². The maximum atomic E-state index is 13.0. The average Bonchev–Trinajstić information content (AvgIpc) is 2.97. The largest absolute Gasteiger partial charge is 0.313 e. The molecule has 0 radical (unpaired) electrons. The molecule has 2 fully saturated rings. The summed E-state index contributed by atoms with van der Waals surface area (Å²) in [7, 11) is 1.99. The molecule has 2 heterocycles. The summed E-state index contributed by atoms with van der Waals surface area (Å²) in [6.07, 6.45) is 3.81. The molecule has 2 aliphatic heterocycles. The molecule has 0 aromatic heterocycles. The zero-order chi connectivity index (χ0) is 14.7. The van der Waals surface area contributed by atoms with E-state index in [1.54, 1.807) is 12.1 Å². The van der Waals surface area contributed by atoms with E-state index >= 15 is 0 Å². The molecular weight excluding hydrogens is 265 g/mol. The average molecular weight is 291 g/mol. The van der Waals surface area contributed by atoms with E-state index in [2.05, 4.69) is 15.1 Å². The third-order valence-electron chi connectivity index (χ3n) is 5.03. The molecule has 0 bridgehead atoms. The Kier molecular flexibility index (Phi) is 4.88. The minimum Gasteiger partial charge on any atom is -0.313 e. The van der Waals surface area contributed by atoms with Crippen LogP contribution in [0.5, 0.6) is 0 Å². The van der Waals surface area contributed by atoms with Crippen LogP contribution in [0, 0.1) is 5.82 Å². The smallest absolute Gasteiger partial charge is 0.123 e. The molecule has 2 saturated heterocycles. The minimum atomic E-state index is -0.161. The number of hydrogen-bond acceptors (Lipinski definition) is 3. The summed E-state index contributed by atoms with van der Waals surface area (Å²) in [5.74, 6) is -0.161. The van der Waals surface area contributed by atoms with Gasteiger partial charge in [-0.1, -0.05) is 12.1 Å². The van der Waals surface area contributed by atoms with Crippen molar-refractivity contribution in [2.45, 2.75) is 31.3 Å². The van der Waals surface area contributed by atoms with Crippen molar-refractivity contribution in [1.82, 2.24) is 15.1 Å². The fraction of sp³-hybridized carbons (Fsp3) is 0.647. The summed E-state index contributed by atoms with van der Waals surface area (Å²) in [6.45, 7) is 6.06. The van der Waals surface area contributed by atoms with Crippen LogP contribution in [0.4, 0.5) is 4.39 Å². The number of rotatable bonds is 5. The van der Waals surface area contributed by atoms with Gasteiger partial charge in [0.1, 0.15) is 5.82 Å². The summed E-state index contributed by atoms with van der Waals surface area (Å²) >= 11 is 0. The summed E-state index contributed by atoms with van der Waals surface area (Å²) in [5, 5.41) is 3.36. The third-order valence-corrected chi connectivity index (χ3v) is 5.03. The van der Waals surface area contributed by atoms with E-state index in [4.69, 9.17) is 0 Å². The van der Waals surface area contributed by atoms with Gasteiger partial charge in [0.05, 0.1) is 0 Å². The molecule has 2 aliphatic rings. The predicted octanol–water partition coefficient (Wildman–Crippen LogP) is 2.26. The standard InChI is InChI=1S/C17H26FN3/c1-19-17(14-4-6-15(18)7-5-14)8-10-20-11-12-21-9-2-3-16(21)13-20/h4-7,16-17,19H,2-3,8-13H2,1H3. The number of hydrogen-bond donors (Lipinski definition) is 1. The lowest BCUT2D eigenvalue weighted by Crippen LogP contribution is -2.50. The zero-order valence-corrected chi connectivity index (χ0v) is 12.9. The van der Waals surface area contributed by atoms with Gasteiger partial charge in [0, 0.05) is 38.3 Å². The first kappa shape index (κ1) is 14.9. The summed E-state index contributed by atoms with van der Waals surface area (Å²) in [5.41, 5.74) is 1.18. The Morgan fingerprint density at radius 2 is 2.05 bits per heavy atom. The molecule has 1 N–H and O–H groups in total. The van der Waals surface area contributed by atoms with E-state index in [1.165, 1.54) is 44.6 Å². The van der Waals surface area contributed by atoms with Gasteiger partial charge in [-0.05, 0) is 50.6 Å². The maximum absolute atomic E-state index is 13.0. The van der Waals surface area contributed by atoms with Gasteiger partial charge in [0.15, 0.2) is 0 Å². The van der Waals surface area contributed by atoms with E-state index < -0.39 is 0 Å². The lowest BCUT2D eigenvalue weighted by Gasteiger charge is -2.38. The molecule has 1 aromatic rings. The van der Waals surface area contributed by atoms with Gasteiger partial charge in [-0.3, -0.25) is 4.90 Å². The Morgan fingerprint density at radius 3 is 2.81 bits per heavy atom. The molecular formula is C17H26FN3. The molecule has 0 amide bonds. The van der Waals surface area contributed by atoms with Gasteiger partial charge in [-0.2, -0.15) is 0 Å². The number of nitrogens with zero attached hydrogens (tertiary/aromatic N) is 2. The normalized spacial score (nSPS) is 25.0. The summed E-state index contributed by atoms with van der Waals surface area (Å²) in [4.78, 5) is 5.24. The third kappa shape index (κ3) is 3.62. The van der Waals surface area contributed by atoms with Crippen molar-refractivity contribution in [3.63, 3.8) is 0 Å². The molecule has 4 heteroatoms. The Hall–Kier alpha value is -0.970. The molecule has 0 spiro atoms. The second kappa shape index (κ2) is 6.86. The van der Waals surface area contributed by atoms with Crippen molar-refractivity contribution in [3.05, 3.63) is 35.6 Å². The second-order valence-corrected chi connectivity index (χ2v) is 6.31. The number of halogens is 1. The van der Waals surface area contributed by atoms with Crippen molar-refractivity contribution in [1.29, 1.82) is 0 Å². The van der Waals surface area contributed by atoms with Crippen LogP contribution in [0.15, 0.2) is 24.3 Å². The monoisotopic (exact) mass is 291 g/mol. The van der Waals surface area contributed by atoms with Gasteiger partial charge < -0.3 is 10.2 Å². The maximum Gasteiger partial charge on any atom is 0.123 e. The lowest BCUT2D eigenvalue weighted by atomic mass is 10.0. The van der Waals surface area contributed by atoms with Crippen molar-refractivity contribution in [3.8, 4) is 0 Å². The van der Waals surface area contributed by atoms with Crippen molar-refractivity contribution in [2.75, 3.05) is 39.8 Å². The number of fused-ring (bicyclic) bond motifs is 1. The molecule has 2 atom stereocenters. The topological polar surface area (TPSA) is 18.5 Å². The van der Waals surface area contributed by atoms with E-state index in [9.17, 15) is 4.39 Å². The van der Waals surface area contributed by atoms with Crippen LogP contribution in [0.3, 0.4) is 0 Å². The van der Waals surface area contributed by atoms with Crippen molar-refractivity contribution in [2.24, 2.45) is 0 Å². The van der Waals surface area contributed by atoms with Gasteiger partial charge in [0.2, 0.25) is 0 Å². The van der Waals surface area contributed by atoms with Crippen LogP contribution in [0.2, 0.25) is 0 Å². The molecule has 3 nitrogen and oxygen atoms in total. The second-order valence-electron chi connectivity index (χ2n) is 6.31.